The molecule has 1 aromatic rings. The average Bonchev–Trinajstić information content (AvgIpc) is 2.14. The molecule has 80 valence electrons. The van der Waals surface area contributed by atoms with Crippen molar-refractivity contribution in [2.24, 2.45) is 0 Å². The summed E-state index contributed by atoms with van der Waals surface area (Å²) in [4.78, 5) is 10.3. The van der Waals surface area contributed by atoms with Crippen LogP contribution in [0.2, 0.25) is 5.02 Å². The monoisotopic (exact) mass is 228 g/mol. The Balaban J connectivity index is 3.00. The predicted molar refractivity (Wildman–Crippen MR) is 56.6 cm³/mol. The fraction of sp³-hybridized carbons (Fsp3) is 0.182. The van der Waals surface area contributed by atoms with E-state index in [1.54, 1.807) is 13.0 Å². The first-order valence-electron chi connectivity index (χ1n) is 4.37. The van der Waals surface area contributed by atoms with Gasteiger partial charge in [0.15, 0.2) is 0 Å². The van der Waals surface area contributed by atoms with Crippen LogP contribution in [0.4, 0.5) is 4.39 Å². The molecule has 1 unspecified atom stereocenters. The third-order valence-electron chi connectivity index (χ3n) is 1.98. The van der Waals surface area contributed by atoms with Crippen molar-refractivity contribution in [3.63, 3.8) is 0 Å². The number of carbonyl (C=O) groups is 1. The SMILES string of the molecule is CC(/C=C/C(=O)O)c1c(F)cccc1Cl. The maximum atomic E-state index is 13.4. The van der Waals surface area contributed by atoms with E-state index in [1.165, 1.54) is 18.2 Å². The summed E-state index contributed by atoms with van der Waals surface area (Å²) in [6, 6.07) is 4.38. The highest BCUT2D eigenvalue weighted by molar-refractivity contribution is 6.31. The topological polar surface area (TPSA) is 37.3 Å². The molecule has 0 spiro atoms. The van der Waals surface area contributed by atoms with Crippen molar-refractivity contribution >= 4 is 17.6 Å². The van der Waals surface area contributed by atoms with Gasteiger partial charge in [-0.1, -0.05) is 30.7 Å². The van der Waals surface area contributed by atoms with Gasteiger partial charge in [0.25, 0.3) is 0 Å². The van der Waals surface area contributed by atoms with Crippen LogP contribution in [0.3, 0.4) is 0 Å². The molecule has 0 aromatic heterocycles. The zero-order chi connectivity index (χ0) is 11.4. The molecule has 1 aromatic carbocycles. The Kier molecular flexibility index (Phi) is 3.86. The van der Waals surface area contributed by atoms with E-state index in [9.17, 15) is 9.18 Å². The summed E-state index contributed by atoms with van der Waals surface area (Å²) >= 11 is 5.82. The van der Waals surface area contributed by atoms with Crippen LogP contribution in [0.5, 0.6) is 0 Å². The summed E-state index contributed by atoms with van der Waals surface area (Å²) in [7, 11) is 0. The third-order valence-corrected chi connectivity index (χ3v) is 2.31. The smallest absolute Gasteiger partial charge is 0.327 e. The Morgan fingerprint density at radius 3 is 2.80 bits per heavy atom. The molecule has 1 atom stereocenters. The highest BCUT2D eigenvalue weighted by Crippen LogP contribution is 2.27. The molecule has 0 fully saturated rings. The first-order valence-corrected chi connectivity index (χ1v) is 4.75. The molecule has 0 aliphatic heterocycles. The standard InChI is InChI=1S/C11H10ClFO2/c1-7(5-6-10(14)15)11-8(12)3-2-4-9(11)13/h2-7H,1H3,(H,14,15)/b6-5+. The summed E-state index contributed by atoms with van der Waals surface area (Å²) in [6.45, 7) is 1.68. The number of allylic oxidation sites excluding steroid dienone is 1. The Morgan fingerprint density at radius 2 is 2.27 bits per heavy atom. The Morgan fingerprint density at radius 1 is 1.60 bits per heavy atom. The molecule has 1 N–H and O–H groups in total. The van der Waals surface area contributed by atoms with Crippen molar-refractivity contribution in [3.8, 4) is 0 Å². The van der Waals surface area contributed by atoms with Crippen molar-refractivity contribution in [2.75, 3.05) is 0 Å². The zero-order valence-corrected chi connectivity index (χ0v) is 8.83. The maximum Gasteiger partial charge on any atom is 0.327 e. The van der Waals surface area contributed by atoms with Gasteiger partial charge in [-0.25, -0.2) is 9.18 Å². The molecule has 0 saturated heterocycles. The average molecular weight is 229 g/mol. The molecule has 0 heterocycles. The van der Waals surface area contributed by atoms with Crippen LogP contribution >= 0.6 is 11.6 Å². The van der Waals surface area contributed by atoms with Crippen LogP contribution in [0.15, 0.2) is 30.4 Å². The quantitative estimate of drug-likeness (QED) is 0.807. The highest BCUT2D eigenvalue weighted by atomic mass is 35.5. The lowest BCUT2D eigenvalue weighted by Gasteiger charge is -2.09. The zero-order valence-electron chi connectivity index (χ0n) is 8.08. The van der Waals surface area contributed by atoms with Crippen LogP contribution in [0.1, 0.15) is 18.4 Å². The second kappa shape index (κ2) is 4.94. The van der Waals surface area contributed by atoms with Crippen molar-refractivity contribution in [1.82, 2.24) is 0 Å². The van der Waals surface area contributed by atoms with Gasteiger partial charge in [0.05, 0.1) is 0 Å². The summed E-state index contributed by atoms with van der Waals surface area (Å²) < 4.78 is 13.4. The Labute approximate surface area is 92.0 Å². The Bertz CT molecular complexity index is 381. The molecule has 0 saturated carbocycles. The van der Waals surface area contributed by atoms with Gasteiger partial charge in [-0.3, -0.25) is 0 Å². The number of carboxylic acid groups (broad SMARTS) is 1. The second-order valence-electron chi connectivity index (χ2n) is 3.12. The fourth-order valence-electron chi connectivity index (χ4n) is 1.27. The number of benzene rings is 1. The molecule has 4 heteroatoms. The predicted octanol–water partition coefficient (Wildman–Crippen LogP) is 3.22. The second-order valence-corrected chi connectivity index (χ2v) is 3.53. The van der Waals surface area contributed by atoms with Crippen molar-refractivity contribution < 1.29 is 14.3 Å². The minimum absolute atomic E-state index is 0.303. The van der Waals surface area contributed by atoms with E-state index >= 15 is 0 Å². The Hall–Kier alpha value is -1.35. The lowest BCUT2D eigenvalue weighted by atomic mass is 10.00. The van der Waals surface area contributed by atoms with E-state index in [-0.39, 0.29) is 5.92 Å². The molecule has 0 bridgehead atoms. The number of hydrogen-bond donors (Lipinski definition) is 1. The van der Waals surface area contributed by atoms with Crippen molar-refractivity contribution in [1.29, 1.82) is 0 Å². The van der Waals surface area contributed by atoms with Crippen LogP contribution in [-0.2, 0) is 4.79 Å². The van der Waals surface area contributed by atoms with Gasteiger partial charge in [0.1, 0.15) is 5.82 Å². The normalized spacial score (nSPS) is 13.0. The largest absolute Gasteiger partial charge is 0.478 e. The van der Waals surface area contributed by atoms with Crippen molar-refractivity contribution in [3.05, 3.63) is 46.8 Å². The molecule has 1 rings (SSSR count). The third kappa shape index (κ3) is 3.06. The highest BCUT2D eigenvalue weighted by Gasteiger charge is 2.12. The van der Waals surface area contributed by atoms with Gasteiger partial charge >= 0.3 is 5.97 Å². The lowest BCUT2D eigenvalue weighted by Crippen LogP contribution is -1.97. The molecule has 0 radical (unpaired) electrons. The van der Waals surface area contributed by atoms with Gasteiger partial charge in [-0.2, -0.15) is 0 Å². The van der Waals surface area contributed by atoms with Crippen LogP contribution in [-0.4, -0.2) is 11.1 Å². The van der Waals surface area contributed by atoms with Crippen LogP contribution in [0, 0.1) is 5.82 Å². The van der Waals surface area contributed by atoms with Gasteiger partial charge < -0.3 is 5.11 Å². The number of carboxylic acids is 1. The molecular formula is C11H10ClFO2. The summed E-state index contributed by atoms with van der Waals surface area (Å²) in [5.41, 5.74) is 0.316. The van der Waals surface area contributed by atoms with E-state index < -0.39 is 11.8 Å². The lowest BCUT2D eigenvalue weighted by molar-refractivity contribution is -0.131. The van der Waals surface area contributed by atoms with Crippen LogP contribution < -0.4 is 0 Å². The number of rotatable bonds is 3. The summed E-state index contributed by atoms with van der Waals surface area (Å²) in [5, 5.41) is 8.74. The van der Waals surface area contributed by atoms with Crippen LogP contribution in [0.25, 0.3) is 0 Å². The maximum absolute atomic E-state index is 13.4. The summed E-state index contributed by atoms with van der Waals surface area (Å²) in [6.07, 6.45) is 2.38. The van der Waals surface area contributed by atoms with Crippen molar-refractivity contribution in [2.45, 2.75) is 12.8 Å². The minimum atomic E-state index is -1.06. The number of halogens is 2. The molecule has 2 nitrogen and oxygen atoms in total. The molecular weight excluding hydrogens is 219 g/mol. The van der Waals surface area contributed by atoms with Gasteiger partial charge in [-0.15, -0.1) is 0 Å². The molecule has 15 heavy (non-hydrogen) atoms. The number of aliphatic carboxylic acids is 1. The summed E-state index contributed by atoms with van der Waals surface area (Å²) in [5.74, 6) is -1.85. The van der Waals surface area contributed by atoms with E-state index in [0.717, 1.165) is 6.08 Å². The van der Waals surface area contributed by atoms with E-state index in [4.69, 9.17) is 16.7 Å². The number of hydrogen-bond acceptors (Lipinski definition) is 1. The first-order chi connectivity index (χ1) is 7.02. The van der Waals surface area contributed by atoms with Gasteiger partial charge in [-0.05, 0) is 12.1 Å². The minimum Gasteiger partial charge on any atom is -0.478 e. The first kappa shape index (κ1) is 11.7. The van der Waals surface area contributed by atoms with E-state index in [1.807, 2.05) is 0 Å². The van der Waals surface area contributed by atoms with E-state index in [0.29, 0.717) is 10.6 Å². The molecule has 0 amide bonds. The molecule has 0 aliphatic rings. The fourth-order valence-corrected chi connectivity index (χ4v) is 1.60. The van der Waals surface area contributed by atoms with Gasteiger partial charge in [0.2, 0.25) is 0 Å². The van der Waals surface area contributed by atoms with Gasteiger partial charge in [0, 0.05) is 22.6 Å². The molecule has 0 aliphatic carbocycles. The van der Waals surface area contributed by atoms with E-state index in [2.05, 4.69) is 0 Å².